The highest BCUT2D eigenvalue weighted by molar-refractivity contribution is 4.75. The summed E-state index contributed by atoms with van der Waals surface area (Å²) < 4.78 is 5.03. The summed E-state index contributed by atoms with van der Waals surface area (Å²) in [6.07, 6.45) is 3.69. The zero-order valence-corrected chi connectivity index (χ0v) is 8.67. The Labute approximate surface area is 81.2 Å². The van der Waals surface area contributed by atoms with E-state index in [4.69, 9.17) is 10.5 Å². The SMILES string of the molecule is COCCCN1CCC(CCN)C1. The molecule has 13 heavy (non-hydrogen) atoms. The number of ether oxygens (including phenoxy) is 1. The van der Waals surface area contributed by atoms with Crippen LogP contribution in [0.3, 0.4) is 0 Å². The second-order valence-electron chi connectivity index (χ2n) is 3.88. The predicted octanol–water partition coefficient (Wildman–Crippen LogP) is 0.694. The number of methoxy groups -OCH3 is 1. The molecule has 3 nitrogen and oxygen atoms in total. The van der Waals surface area contributed by atoms with Crippen molar-refractivity contribution in [3.63, 3.8) is 0 Å². The quantitative estimate of drug-likeness (QED) is 0.620. The standard InChI is InChI=1S/C10H22N2O/c1-13-8-2-6-12-7-4-10(9-12)3-5-11/h10H,2-9,11H2,1H3. The first-order chi connectivity index (χ1) is 6.36. The van der Waals surface area contributed by atoms with E-state index in [1.807, 2.05) is 0 Å². The van der Waals surface area contributed by atoms with E-state index in [9.17, 15) is 0 Å². The fraction of sp³-hybridized carbons (Fsp3) is 1.00. The second kappa shape index (κ2) is 6.35. The highest BCUT2D eigenvalue weighted by Crippen LogP contribution is 2.18. The zero-order chi connectivity index (χ0) is 9.52. The van der Waals surface area contributed by atoms with Gasteiger partial charge in [0.05, 0.1) is 0 Å². The summed E-state index contributed by atoms with van der Waals surface area (Å²) >= 11 is 0. The molecule has 0 radical (unpaired) electrons. The molecule has 78 valence electrons. The molecule has 0 aromatic carbocycles. The Morgan fingerprint density at radius 2 is 2.38 bits per heavy atom. The van der Waals surface area contributed by atoms with Crippen molar-refractivity contribution in [3.05, 3.63) is 0 Å². The summed E-state index contributed by atoms with van der Waals surface area (Å²) in [4.78, 5) is 2.53. The molecule has 1 aliphatic rings. The Morgan fingerprint density at radius 3 is 3.08 bits per heavy atom. The molecule has 1 rings (SSSR count). The lowest BCUT2D eigenvalue weighted by molar-refractivity contribution is 0.178. The van der Waals surface area contributed by atoms with Gasteiger partial charge in [-0.25, -0.2) is 0 Å². The summed E-state index contributed by atoms with van der Waals surface area (Å²) in [5.74, 6) is 0.854. The van der Waals surface area contributed by atoms with Gasteiger partial charge in [0.15, 0.2) is 0 Å². The summed E-state index contributed by atoms with van der Waals surface area (Å²) in [7, 11) is 1.77. The first kappa shape index (κ1) is 11.0. The van der Waals surface area contributed by atoms with E-state index < -0.39 is 0 Å². The molecule has 1 saturated heterocycles. The molecule has 1 atom stereocenters. The normalized spacial score (nSPS) is 24.0. The van der Waals surface area contributed by atoms with Gasteiger partial charge in [-0.2, -0.15) is 0 Å². The summed E-state index contributed by atoms with van der Waals surface area (Å²) in [5.41, 5.74) is 5.54. The Morgan fingerprint density at radius 1 is 1.54 bits per heavy atom. The molecule has 0 aromatic heterocycles. The number of rotatable bonds is 6. The van der Waals surface area contributed by atoms with Crippen LogP contribution in [0.15, 0.2) is 0 Å². The molecule has 1 heterocycles. The predicted molar refractivity (Wildman–Crippen MR) is 54.7 cm³/mol. The topological polar surface area (TPSA) is 38.5 Å². The number of likely N-dealkylation sites (tertiary alicyclic amines) is 1. The van der Waals surface area contributed by atoms with Crippen molar-refractivity contribution < 1.29 is 4.74 Å². The Balaban J connectivity index is 2.03. The van der Waals surface area contributed by atoms with Gasteiger partial charge < -0.3 is 15.4 Å². The Bertz CT molecular complexity index is 130. The molecule has 0 aromatic rings. The van der Waals surface area contributed by atoms with Crippen molar-refractivity contribution in [1.82, 2.24) is 4.90 Å². The third kappa shape index (κ3) is 4.07. The van der Waals surface area contributed by atoms with Gasteiger partial charge in [-0.15, -0.1) is 0 Å². The van der Waals surface area contributed by atoms with E-state index in [1.165, 1.54) is 32.5 Å². The molecule has 0 amide bonds. The third-order valence-electron chi connectivity index (χ3n) is 2.77. The van der Waals surface area contributed by atoms with Gasteiger partial charge in [0, 0.05) is 26.8 Å². The first-order valence-corrected chi connectivity index (χ1v) is 5.28. The maximum atomic E-state index is 5.54. The van der Waals surface area contributed by atoms with Crippen LogP contribution in [0, 0.1) is 5.92 Å². The number of nitrogens with two attached hydrogens (primary N) is 1. The molecule has 1 fully saturated rings. The lowest BCUT2D eigenvalue weighted by atomic mass is 10.1. The molecule has 2 N–H and O–H groups in total. The van der Waals surface area contributed by atoms with Crippen LogP contribution in [-0.4, -0.2) is 44.8 Å². The number of hydrogen-bond donors (Lipinski definition) is 1. The summed E-state index contributed by atoms with van der Waals surface area (Å²) in [6, 6.07) is 0. The van der Waals surface area contributed by atoms with Crippen molar-refractivity contribution >= 4 is 0 Å². The molecule has 0 bridgehead atoms. The van der Waals surface area contributed by atoms with Gasteiger partial charge in [0.25, 0.3) is 0 Å². The van der Waals surface area contributed by atoms with Crippen LogP contribution in [0.25, 0.3) is 0 Å². The first-order valence-electron chi connectivity index (χ1n) is 5.28. The monoisotopic (exact) mass is 186 g/mol. The minimum atomic E-state index is 0.844. The highest BCUT2D eigenvalue weighted by atomic mass is 16.5. The summed E-state index contributed by atoms with van der Waals surface area (Å²) in [5, 5.41) is 0. The largest absolute Gasteiger partial charge is 0.385 e. The Kier molecular flexibility index (Phi) is 5.35. The third-order valence-corrected chi connectivity index (χ3v) is 2.77. The van der Waals surface area contributed by atoms with E-state index in [2.05, 4.69) is 4.90 Å². The number of hydrogen-bond acceptors (Lipinski definition) is 3. The molecule has 3 heteroatoms. The van der Waals surface area contributed by atoms with Crippen LogP contribution >= 0.6 is 0 Å². The van der Waals surface area contributed by atoms with Crippen LogP contribution in [0.2, 0.25) is 0 Å². The molecule has 0 aliphatic carbocycles. The lowest BCUT2D eigenvalue weighted by Crippen LogP contribution is -2.23. The van der Waals surface area contributed by atoms with Gasteiger partial charge in [-0.1, -0.05) is 0 Å². The van der Waals surface area contributed by atoms with Crippen molar-refractivity contribution in [3.8, 4) is 0 Å². The van der Waals surface area contributed by atoms with Crippen LogP contribution in [0.4, 0.5) is 0 Å². The van der Waals surface area contributed by atoms with Gasteiger partial charge in [0.1, 0.15) is 0 Å². The van der Waals surface area contributed by atoms with Crippen LogP contribution in [0.1, 0.15) is 19.3 Å². The van der Waals surface area contributed by atoms with Gasteiger partial charge in [0.2, 0.25) is 0 Å². The fourth-order valence-electron chi connectivity index (χ4n) is 2.02. The van der Waals surface area contributed by atoms with Crippen molar-refractivity contribution in [2.75, 3.05) is 39.9 Å². The van der Waals surface area contributed by atoms with Crippen LogP contribution in [0.5, 0.6) is 0 Å². The van der Waals surface area contributed by atoms with Crippen LogP contribution < -0.4 is 5.73 Å². The molecular weight excluding hydrogens is 164 g/mol. The van der Waals surface area contributed by atoms with E-state index in [-0.39, 0.29) is 0 Å². The van der Waals surface area contributed by atoms with E-state index >= 15 is 0 Å². The minimum Gasteiger partial charge on any atom is -0.385 e. The molecule has 0 spiro atoms. The lowest BCUT2D eigenvalue weighted by Gasteiger charge is -2.15. The fourth-order valence-corrected chi connectivity index (χ4v) is 2.02. The molecule has 1 unspecified atom stereocenters. The van der Waals surface area contributed by atoms with Crippen molar-refractivity contribution in [1.29, 1.82) is 0 Å². The minimum absolute atomic E-state index is 0.844. The van der Waals surface area contributed by atoms with E-state index in [0.29, 0.717) is 0 Å². The van der Waals surface area contributed by atoms with E-state index in [0.717, 1.165) is 25.5 Å². The average molecular weight is 186 g/mol. The van der Waals surface area contributed by atoms with Gasteiger partial charge in [-0.05, 0) is 38.3 Å². The molecule has 0 saturated carbocycles. The highest BCUT2D eigenvalue weighted by Gasteiger charge is 2.20. The van der Waals surface area contributed by atoms with E-state index in [1.54, 1.807) is 7.11 Å². The molecular formula is C10H22N2O. The van der Waals surface area contributed by atoms with Crippen LogP contribution in [-0.2, 0) is 4.74 Å². The van der Waals surface area contributed by atoms with Gasteiger partial charge in [-0.3, -0.25) is 0 Å². The van der Waals surface area contributed by atoms with Crippen molar-refractivity contribution in [2.45, 2.75) is 19.3 Å². The summed E-state index contributed by atoms with van der Waals surface area (Å²) in [6.45, 7) is 5.43. The zero-order valence-electron chi connectivity index (χ0n) is 8.67. The van der Waals surface area contributed by atoms with Crippen molar-refractivity contribution in [2.24, 2.45) is 11.7 Å². The maximum Gasteiger partial charge on any atom is 0.0474 e. The average Bonchev–Trinajstić information content (AvgIpc) is 2.54. The Hall–Kier alpha value is -0.120. The smallest absolute Gasteiger partial charge is 0.0474 e. The maximum absolute atomic E-state index is 5.54. The molecule has 1 aliphatic heterocycles. The number of nitrogens with zero attached hydrogens (tertiary/aromatic N) is 1. The van der Waals surface area contributed by atoms with Gasteiger partial charge >= 0.3 is 0 Å². The second-order valence-corrected chi connectivity index (χ2v) is 3.88.